The largest absolute Gasteiger partial charge is 0.481 e. The number of nitrogens with zero attached hydrogens (tertiary/aromatic N) is 1. The Kier molecular flexibility index (Phi) is 5.00. The molecule has 1 aromatic carbocycles. The lowest BCUT2D eigenvalue weighted by molar-refractivity contribution is -0.384. The van der Waals surface area contributed by atoms with Crippen molar-refractivity contribution in [3.8, 4) is 0 Å². The van der Waals surface area contributed by atoms with Crippen molar-refractivity contribution in [2.75, 3.05) is 5.32 Å². The Labute approximate surface area is 137 Å². The third-order valence-electron chi connectivity index (χ3n) is 3.83. The number of non-ortho nitro benzene ring substituents is 1. The number of rotatable bonds is 4. The number of nitro groups is 1. The predicted molar refractivity (Wildman–Crippen MR) is 84.2 cm³/mol. The van der Waals surface area contributed by atoms with Gasteiger partial charge in [-0.2, -0.15) is 0 Å². The molecule has 1 amide bonds. The maximum Gasteiger partial charge on any atom is 0.307 e. The van der Waals surface area contributed by atoms with Crippen LogP contribution in [0.15, 0.2) is 29.3 Å². The van der Waals surface area contributed by atoms with E-state index in [1.165, 1.54) is 18.2 Å². The van der Waals surface area contributed by atoms with E-state index < -0.39 is 28.6 Å². The van der Waals surface area contributed by atoms with Gasteiger partial charge in [0.25, 0.3) is 5.69 Å². The minimum atomic E-state index is -1.05. The number of carboxylic acid groups (broad SMARTS) is 1. The van der Waals surface area contributed by atoms with Crippen LogP contribution in [0.2, 0.25) is 0 Å². The Hall–Kier alpha value is -2.41. The summed E-state index contributed by atoms with van der Waals surface area (Å²) in [5.41, 5.74) is 0.861. The van der Waals surface area contributed by atoms with Crippen molar-refractivity contribution < 1.29 is 19.6 Å². The van der Waals surface area contributed by atoms with Gasteiger partial charge in [0.1, 0.15) is 0 Å². The number of anilines is 1. The maximum absolute atomic E-state index is 12.4. The summed E-state index contributed by atoms with van der Waals surface area (Å²) in [6.07, 6.45) is 1.98. The lowest BCUT2D eigenvalue weighted by Gasteiger charge is -2.26. The fraction of sp³-hybridized carbons (Fsp3) is 0.333. The molecular weight excluding hydrogens is 324 g/mol. The fourth-order valence-electron chi connectivity index (χ4n) is 2.53. The summed E-state index contributed by atoms with van der Waals surface area (Å²) < 4.78 is 0. The van der Waals surface area contributed by atoms with E-state index in [1.54, 1.807) is 13.0 Å². The van der Waals surface area contributed by atoms with Crippen molar-refractivity contribution >= 4 is 34.9 Å². The first kappa shape index (κ1) is 17.0. The third kappa shape index (κ3) is 3.87. The highest BCUT2D eigenvalue weighted by Crippen LogP contribution is 2.33. The van der Waals surface area contributed by atoms with Crippen LogP contribution in [0.25, 0.3) is 0 Å². The van der Waals surface area contributed by atoms with Gasteiger partial charge < -0.3 is 10.4 Å². The fourth-order valence-corrected chi connectivity index (χ4v) is 2.79. The van der Waals surface area contributed by atoms with Gasteiger partial charge in [0.05, 0.1) is 16.8 Å². The number of carboxylic acids is 1. The molecule has 2 N–H and O–H groups in total. The van der Waals surface area contributed by atoms with E-state index in [-0.39, 0.29) is 18.5 Å². The molecule has 0 aliphatic heterocycles. The molecule has 0 spiro atoms. The number of aliphatic carboxylic acids is 1. The predicted octanol–water partition coefficient (Wildman–Crippen LogP) is 3.08. The number of hydrogen-bond donors (Lipinski definition) is 2. The van der Waals surface area contributed by atoms with E-state index in [2.05, 4.69) is 5.32 Å². The quantitative estimate of drug-likeness (QED) is 0.647. The number of halogens is 1. The monoisotopic (exact) mass is 338 g/mol. The Morgan fingerprint density at radius 3 is 2.65 bits per heavy atom. The summed E-state index contributed by atoms with van der Waals surface area (Å²) in [6, 6.07) is 4.06. The first-order valence-electron chi connectivity index (χ1n) is 6.93. The first-order chi connectivity index (χ1) is 10.8. The number of aryl methyl sites for hydroxylation is 1. The number of allylic oxidation sites excluding steroid dienone is 2. The van der Waals surface area contributed by atoms with Crippen molar-refractivity contribution in [2.45, 2.75) is 19.8 Å². The molecule has 0 radical (unpaired) electrons. The molecule has 1 aliphatic carbocycles. The van der Waals surface area contributed by atoms with Crippen molar-refractivity contribution in [3.63, 3.8) is 0 Å². The van der Waals surface area contributed by atoms with Gasteiger partial charge in [-0.1, -0.05) is 17.7 Å². The zero-order valence-corrected chi connectivity index (χ0v) is 13.0. The topological polar surface area (TPSA) is 110 Å². The smallest absolute Gasteiger partial charge is 0.307 e. The second-order valence-electron chi connectivity index (χ2n) is 5.39. The molecule has 1 aromatic rings. The molecule has 0 heterocycles. The Balaban J connectivity index is 2.19. The molecule has 0 fully saturated rings. The van der Waals surface area contributed by atoms with Crippen LogP contribution < -0.4 is 5.32 Å². The molecule has 23 heavy (non-hydrogen) atoms. The molecule has 122 valence electrons. The van der Waals surface area contributed by atoms with Crippen molar-refractivity contribution in [1.82, 2.24) is 0 Å². The minimum absolute atomic E-state index is 0.0763. The van der Waals surface area contributed by atoms with Gasteiger partial charge in [-0.3, -0.25) is 19.7 Å². The lowest BCUT2D eigenvalue weighted by Crippen LogP contribution is -2.35. The van der Waals surface area contributed by atoms with Crippen LogP contribution in [0.3, 0.4) is 0 Å². The lowest BCUT2D eigenvalue weighted by atomic mass is 9.82. The van der Waals surface area contributed by atoms with E-state index in [0.717, 1.165) is 0 Å². The van der Waals surface area contributed by atoms with Crippen LogP contribution in [0.4, 0.5) is 11.4 Å². The van der Waals surface area contributed by atoms with Gasteiger partial charge in [-0.15, -0.1) is 0 Å². The number of hydrogen-bond acceptors (Lipinski definition) is 4. The molecule has 1 aliphatic rings. The van der Waals surface area contributed by atoms with E-state index in [1.807, 2.05) is 0 Å². The summed E-state index contributed by atoms with van der Waals surface area (Å²) in [7, 11) is 0. The number of benzene rings is 1. The Morgan fingerprint density at radius 2 is 2.09 bits per heavy atom. The van der Waals surface area contributed by atoms with Crippen LogP contribution in [0.1, 0.15) is 18.4 Å². The van der Waals surface area contributed by atoms with E-state index in [0.29, 0.717) is 16.3 Å². The van der Waals surface area contributed by atoms with Crippen LogP contribution >= 0.6 is 11.6 Å². The second-order valence-corrected chi connectivity index (χ2v) is 5.87. The number of nitro benzene ring substituents is 1. The van der Waals surface area contributed by atoms with Crippen molar-refractivity contribution in [3.05, 3.63) is 45.0 Å². The molecular formula is C15H15ClN2O5. The summed E-state index contributed by atoms with van der Waals surface area (Å²) in [4.78, 5) is 33.9. The molecule has 0 unspecified atom stereocenters. The summed E-state index contributed by atoms with van der Waals surface area (Å²) in [5.74, 6) is -3.12. The van der Waals surface area contributed by atoms with Crippen LogP contribution in [0, 0.1) is 28.9 Å². The normalized spacial score (nSPS) is 20.5. The molecule has 2 rings (SSSR count). The summed E-state index contributed by atoms with van der Waals surface area (Å²) in [5, 5.41) is 23.1. The number of carbonyl (C=O) groups excluding carboxylic acids is 1. The zero-order chi connectivity index (χ0) is 17.1. The van der Waals surface area contributed by atoms with Crippen LogP contribution in [-0.2, 0) is 9.59 Å². The minimum Gasteiger partial charge on any atom is -0.481 e. The number of amides is 1. The van der Waals surface area contributed by atoms with Gasteiger partial charge >= 0.3 is 5.97 Å². The van der Waals surface area contributed by atoms with Crippen molar-refractivity contribution in [2.24, 2.45) is 11.8 Å². The molecule has 0 aromatic heterocycles. The second kappa shape index (κ2) is 6.78. The molecule has 2 atom stereocenters. The Morgan fingerprint density at radius 1 is 1.39 bits per heavy atom. The Bertz CT molecular complexity index is 701. The molecule has 0 bridgehead atoms. The average molecular weight is 339 g/mol. The van der Waals surface area contributed by atoms with Gasteiger partial charge in [-0.25, -0.2) is 0 Å². The molecule has 8 heteroatoms. The molecule has 0 saturated carbocycles. The third-order valence-corrected chi connectivity index (χ3v) is 4.14. The van der Waals surface area contributed by atoms with E-state index in [9.17, 15) is 24.8 Å². The van der Waals surface area contributed by atoms with E-state index >= 15 is 0 Å². The molecule has 0 saturated heterocycles. The number of nitrogens with one attached hydrogen (secondary N) is 1. The highest BCUT2D eigenvalue weighted by Gasteiger charge is 2.36. The highest BCUT2D eigenvalue weighted by molar-refractivity contribution is 6.29. The standard InChI is InChI=1S/C15H15ClN2O5/c1-8-6-10(18(22)23)3-5-13(8)17-14(19)12-7-9(16)2-4-11(12)15(20)21/h2-3,5-6,11-12H,4,7H2,1H3,(H,17,19)(H,20,21)/t11-,12+/m1/s1. The van der Waals surface area contributed by atoms with Crippen molar-refractivity contribution in [1.29, 1.82) is 0 Å². The van der Waals surface area contributed by atoms with Gasteiger partial charge in [0.2, 0.25) is 5.91 Å². The highest BCUT2D eigenvalue weighted by atomic mass is 35.5. The number of carbonyl (C=O) groups is 2. The summed E-state index contributed by atoms with van der Waals surface area (Å²) >= 11 is 5.93. The van der Waals surface area contributed by atoms with Crippen LogP contribution in [-0.4, -0.2) is 21.9 Å². The molecule has 7 nitrogen and oxygen atoms in total. The summed E-state index contributed by atoms with van der Waals surface area (Å²) in [6.45, 7) is 1.63. The average Bonchev–Trinajstić information content (AvgIpc) is 2.48. The zero-order valence-electron chi connectivity index (χ0n) is 12.3. The first-order valence-corrected chi connectivity index (χ1v) is 7.30. The van der Waals surface area contributed by atoms with E-state index in [4.69, 9.17) is 11.6 Å². The van der Waals surface area contributed by atoms with Gasteiger partial charge in [-0.05, 0) is 31.4 Å². The maximum atomic E-state index is 12.4. The van der Waals surface area contributed by atoms with Gasteiger partial charge in [0.15, 0.2) is 0 Å². The van der Waals surface area contributed by atoms with Crippen LogP contribution in [0.5, 0.6) is 0 Å². The SMILES string of the molecule is Cc1cc([N+](=O)[O-])ccc1NC(=O)[C@H]1CC(Cl)=CC[C@H]1C(=O)O. The van der Waals surface area contributed by atoms with Gasteiger partial charge in [0, 0.05) is 22.9 Å².